The number of halogens is 2. The van der Waals surface area contributed by atoms with Gasteiger partial charge in [0.15, 0.2) is 17.1 Å². The standard InChI is InChI=1S/C23H19Cl2N3O4/c1-27-18(23(29)30)9-12-7-15(24)20(16(25)8-12)31-19-11-14(26)10-17-21(19)32-22(28-17)13-5-3-2-4-6-13/h2-8,10-11,18,27H,9,26H2,1H3,(H,29,30). The lowest BCUT2D eigenvalue weighted by Gasteiger charge is -2.14. The number of oxazole rings is 1. The number of benzene rings is 3. The zero-order chi connectivity index (χ0) is 22.8. The molecule has 0 amide bonds. The molecule has 1 heterocycles. The molecule has 164 valence electrons. The Hall–Kier alpha value is -3.26. The monoisotopic (exact) mass is 471 g/mol. The van der Waals surface area contributed by atoms with Crippen LogP contribution in [0.5, 0.6) is 11.5 Å². The predicted octanol–water partition coefficient (Wildman–Crippen LogP) is 5.39. The van der Waals surface area contributed by atoms with E-state index >= 15 is 0 Å². The van der Waals surface area contributed by atoms with Crippen LogP contribution in [-0.4, -0.2) is 29.1 Å². The van der Waals surface area contributed by atoms with E-state index in [1.807, 2.05) is 30.3 Å². The van der Waals surface area contributed by atoms with Crippen LogP contribution in [0.15, 0.2) is 59.0 Å². The zero-order valence-electron chi connectivity index (χ0n) is 16.9. The van der Waals surface area contributed by atoms with Crippen LogP contribution in [0.4, 0.5) is 5.69 Å². The van der Waals surface area contributed by atoms with E-state index < -0.39 is 12.0 Å². The maximum Gasteiger partial charge on any atom is 0.321 e. The second kappa shape index (κ2) is 9.08. The summed E-state index contributed by atoms with van der Waals surface area (Å²) in [6, 6.07) is 15.2. The highest BCUT2D eigenvalue weighted by Gasteiger charge is 2.20. The number of carbonyl (C=O) groups is 1. The fraction of sp³-hybridized carbons (Fsp3) is 0.130. The van der Waals surface area contributed by atoms with Crippen LogP contribution in [0, 0.1) is 0 Å². The summed E-state index contributed by atoms with van der Waals surface area (Å²) in [6.07, 6.45) is 0.205. The normalized spacial score (nSPS) is 12.1. The average molecular weight is 472 g/mol. The van der Waals surface area contributed by atoms with Gasteiger partial charge in [0, 0.05) is 17.3 Å². The number of likely N-dealkylation sites (N-methyl/N-ethyl adjacent to an activating group) is 1. The molecule has 3 aromatic carbocycles. The van der Waals surface area contributed by atoms with E-state index in [0.29, 0.717) is 34.0 Å². The predicted molar refractivity (Wildman–Crippen MR) is 125 cm³/mol. The summed E-state index contributed by atoms with van der Waals surface area (Å²) < 4.78 is 12.0. The van der Waals surface area contributed by atoms with Gasteiger partial charge in [-0.15, -0.1) is 0 Å². The van der Waals surface area contributed by atoms with Crippen molar-refractivity contribution >= 4 is 46.0 Å². The largest absolute Gasteiger partial charge is 0.480 e. The SMILES string of the molecule is CNC(Cc1cc(Cl)c(Oc2cc(N)cc3nc(-c4ccccc4)oc23)c(Cl)c1)C(=O)O. The third-order valence-corrected chi connectivity index (χ3v) is 5.42. The van der Waals surface area contributed by atoms with Crippen molar-refractivity contribution in [3.05, 3.63) is 70.2 Å². The highest BCUT2D eigenvalue weighted by molar-refractivity contribution is 6.37. The van der Waals surface area contributed by atoms with Gasteiger partial charge in [-0.2, -0.15) is 0 Å². The maximum absolute atomic E-state index is 11.3. The highest BCUT2D eigenvalue weighted by Crippen LogP contribution is 2.41. The average Bonchev–Trinajstić information content (AvgIpc) is 3.19. The third kappa shape index (κ3) is 4.50. The smallest absolute Gasteiger partial charge is 0.321 e. The minimum absolute atomic E-state index is 0.205. The lowest BCUT2D eigenvalue weighted by molar-refractivity contribution is -0.139. The van der Waals surface area contributed by atoms with Crippen LogP contribution < -0.4 is 15.8 Å². The van der Waals surface area contributed by atoms with Gasteiger partial charge in [0.2, 0.25) is 5.89 Å². The van der Waals surface area contributed by atoms with Gasteiger partial charge in [-0.3, -0.25) is 4.79 Å². The number of ether oxygens (including phenoxy) is 1. The van der Waals surface area contributed by atoms with Crippen LogP contribution in [0.3, 0.4) is 0 Å². The Kier molecular flexibility index (Phi) is 6.23. The van der Waals surface area contributed by atoms with Crippen molar-refractivity contribution in [3.63, 3.8) is 0 Å². The first-order chi connectivity index (χ1) is 15.4. The van der Waals surface area contributed by atoms with Gasteiger partial charge in [-0.25, -0.2) is 4.98 Å². The number of nitrogens with zero attached hydrogens (tertiary/aromatic N) is 1. The van der Waals surface area contributed by atoms with Crippen LogP contribution >= 0.6 is 23.2 Å². The number of aliphatic carboxylic acids is 1. The van der Waals surface area contributed by atoms with Gasteiger partial charge in [0.05, 0.1) is 10.0 Å². The zero-order valence-corrected chi connectivity index (χ0v) is 18.4. The van der Waals surface area contributed by atoms with E-state index in [4.69, 9.17) is 38.1 Å². The Morgan fingerprint density at radius 1 is 1.19 bits per heavy atom. The van der Waals surface area contributed by atoms with Gasteiger partial charge >= 0.3 is 5.97 Å². The number of carboxylic acids is 1. The number of nitrogen functional groups attached to an aromatic ring is 1. The number of hydrogen-bond acceptors (Lipinski definition) is 6. The number of fused-ring (bicyclic) bond motifs is 1. The third-order valence-electron chi connectivity index (χ3n) is 4.86. The van der Waals surface area contributed by atoms with Gasteiger partial charge < -0.3 is 25.3 Å². The minimum atomic E-state index is -0.971. The topological polar surface area (TPSA) is 111 Å². The molecule has 7 nitrogen and oxygen atoms in total. The fourth-order valence-electron chi connectivity index (χ4n) is 3.29. The molecule has 0 saturated heterocycles. The van der Waals surface area contributed by atoms with Crippen LogP contribution in [0.1, 0.15) is 5.56 Å². The molecule has 0 spiro atoms. The van der Waals surface area contributed by atoms with Crippen molar-refractivity contribution in [2.45, 2.75) is 12.5 Å². The molecule has 0 bridgehead atoms. The fourth-order valence-corrected chi connectivity index (χ4v) is 3.90. The van der Waals surface area contributed by atoms with E-state index in [-0.39, 0.29) is 22.2 Å². The number of nitrogens with one attached hydrogen (secondary N) is 1. The molecule has 4 aromatic rings. The second-order valence-electron chi connectivity index (χ2n) is 7.13. The molecule has 4 rings (SSSR count). The molecule has 32 heavy (non-hydrogen) atoms. The number of rotatable bonds is 7. The molecule has 9 heteroatoms. The molecular weight excluding hydrogens is 453 g/mol. The highest BCUT2D eigenvalue weighted by atomic mass is 35.5. The Morgan fingerprint density at radius 2 is 1.88 bits per heavy atom. The molecule has 1 atom stereocenters. The van der Waals surface area contributed by atoms with Crippen LogP contribution in [0.25, 0.3) is 22.6 Å². The molecule has 1 aromatic heterocycles. The molecule has 0 fully saturated rings. The number of hydrogen-bond donors (Lipinski definition) is 3. The Bertz CT molecular complexity index is 1270. The van der Waals surface area contributed by atoms with E-state index in [0.717, 1.165) is 5.56 Å². The Labute approximate surface area is 193 Å². The van der Waals surface area contributed by atoms with E-state index in [1.165, 1.54) is 0 Å². The lowest BCUT2D eigenvalue weighted by atomic mass is 10.1. The van der Waals surface area contributed by atoms with Crippen LogP contribution in [0.2, 0.25) is 10.0 Å². The minimum Gasteiger partial charge on any atom is -0.480 e. The molecule has 1 unspecified atom stereocenters. The quantitative estimate of drug-likeness (QED) is 0.309. The number of nitrogens with two attached hydrogens (primary N) is 1. The number of anilines is 1. The van der Waals surface area contributed by atoms with Crippen molar-refractivity contribution in [1.82, 2.24) is 10.3 Å². The Morgan fingerprint density at radius 3 is 2.50 bits per heavy atom. The van der Waals surface area contributed by atoms with E-state index in [2.05, 4.69) is 10.3 Å². The summed E-state index contributed by atoms with van der Waals surface area (Å²) in [6.45, 7) is 0. The first kappa shape index (κ1) is 22.0. The second-order valence-corrected chi connectivity index (χ2v) is 7.94. The maximum atomic E-state index is 11.3. The summed E-state index contributed by atoms with van der Waals surface area (Å²) >= 11 is 12.9. The number of carboxylic acid groups (broad SMARTS) is 1. The molecule has 0 radical (unpaired) electrons. The molecule has 0 saturated carbocycles. The summed E-state index contributed by atoms with van der Waals surface area (Å²) in [5.41, 5.74) is 8.86. The summed E-state index contributed by atoms with van der Waals surface area (Å²) in [5.74, 6) is -0.0278. The van der Waals surface area contributed by atoms with Crippen molar-refractivity contribution in [2.24, 2.45) is 0 Å². The van der Waals surface area contributed by atoms with Crippen molar-refractivity contribution in [3.8, 4) is 23.0 Å². The first-order valence-corrected chi connectivity index (χ1v) is 10.4. The summed E-state index contributed by atoms with van der Waals surface area (Å²) in [4.78, 5) is 15.8. The van der Waals surface area contributed by atoms with Crippen molar-refractivity contribution in [2.75, 3.05) is 12.8 Å². The Balaban J connectivity index is 1.70. The first-order valence-electron chi connectivity index (χ1n) is 9.67. The molecule has 0 aliphatic carbocycles. The van der Waals surface area contributed by atoms with Gasteiger partial charge in [0.25, 0.3) is 0 Å². The molecule has 4 N–H and O–H groups in total. The summed E-state index contributed by atoms with van der Waals surface area (Å²) in [5, 5.41) is 12.4. The lowest BCUT2D eigenvalue weighted by Crippen LogP contribution is -2.35. The van der Waals surface area contributed by atoms with Gasteiger partial charge in [-0.1, -0.05) is 41.4 Å². The number of aromatic nitrogens is 1. The van der Waals surface area contributed by atoms with E-state index in [1.54, 1.807) is 31.3 Å². The molecular formula is C23H19Cl2N3O4. The molecule has 0 aliphatic rings. The summed E-state index contributed by atoms with van der Waals surface area (Å²) in [7, 11) is 1.58. The van der Waals surface area contributed by atoms with E-state index in [9.17, 15) is 9.90 Å². The van der Waals surface area contributed by atoms with Gasteiger partial charge in [0.1, 0.15) is 11.6 Å². The van der Waals surface area contributed by atoms with Crippen molar-refractivity contribution < 1.29 is 19.1 Å². The van der Waals surface area contributed by atoms with Crippen LogP contribution in [-0.2, 0) is 11.2 Å². The van der Waals surface area contributed by atoms with Gasteiger partial charge in [-0.05, 0) is 49.4 Å². The van der Waals surface area contributed by atoms with Crippen molar-refractivity contribution in [1.29, 1.82) is 0 Å². The molecule has 0 aliphatic heterocycles.